The van der Waals surface area contributed by atoms with E-state index in [1.165, 1.54) is 6.42 Å². The van der Waals surface area contributed by atoms with E-state index in [2.05, 4.69) is 36.7 Å². The van der Waals surface area contributed by atoms with Gasteiger partial charge in [-0.05, 0) is 24.2 Å². The lowest BCUT2D eigenvalue weighted by Crippen LogP contribution is -2.33. The first-order chi connectivity index (χ1) is 5.41. The van der Waals surface area contributed by atoms with Crippen LogP contribution < -0.4 is 0 Å². The molecule has 2 saturated carbocycles. The van der Waals surface area contributed by atoms with Crippen molar-refractivity contribution >= 4 is 21.7 Å². The highest BCUT2D eigenvalue weighted by Crippen LogP contribution is 2.65. The maximum absolute atomic E-state index is 11.9. The van der Waals surface area contributed by atoms with E-state index in [-0.39, 0.29) is 15.7 Å². The number of alkyl halides is 1. The summed E-state index contributed by atoms with van der Waals surface area (Å²) in [6, 6.07) is 0. The van der Waals surface area contributed by atoms with Crippen LogP contribution >= 0.6 is 15.9 Å². The topological polar surface area (TPSA) is 17.1 Å². The van der Waals surface area contributed by atoms with Crippen LogP contribution in [0.2, 0.25) is 0 Å². The molecular weight excluding hydrogens is 216 g/mol. The summed E-state index contributed by atoms with van der Waals surface area (Å²) in [6.07, 6.45) is 2.30. The van der Waals surface area contributed by atoms with E-state index in [1.807, 2.05) is 0 Å². The highest BCUT2D eigenvalue weighted by Gasteiger charge is 2.65. The molecule has 2 aliphatic rings. The van der Waals surface area contributed by atoms with E-state index in [1.54, 1.807) is 0 Å². The largest absolute Gasteiger partial charge is 0.298 e. The third kappa shape index (κ3) is 0.688. The number of hydrogen-bond donors (Lipinski definition) is 0. The highest BCUT2D eigenvalue weighted by molar-refractivity contribution is 9.10. The molecule has 2 heteroatoms. The minimum Gasteiger partial charge on any atom is -0.298 e. The Kier molecular flexibility index (Phi) is 1.56. The Bertz CT molecular complexity index is 246. The molecule has 2 rings (SSSR count). The van der Waals surface area contributed by atoms with Crippen LogP contribution in [0.3, 0.4) is 0 Å². The Morgan fingerprint density at radius 1 is 1.42 bits per heavy atom. The van der Waals surface area contributed by atoms with Gasteiger partial charge in [0.1, 0.15) is 0 Å². The standard InChI is InChI=1S/C10H15BrO/c1-9(2)6-4-5-10(9,3)8(12)7(6)11/h6-7H,4-5H2,1-3H3. The van der Waals surface area contributed by atoms with Gasteiger partial charge in [0.2, 0.25) is 0 Å². The number of fused-ring (bicyclic) bond motifs is 2. The maximum Gasteiger partial charge on any atom is 0.153 e. The Morgan fingerprint density at radius 3 is 2.25 bits per heavy atom. The van der Waals surface area contributed by atoms with Crippen LogP contribution in [0.25, 0.3) is 0 Å². The lowest BCUT2D eigenvalue weighted by atomic mass is 9.70. The maximum atomic E-state index is 11.9. The van der Waals surface area contributed by atoms with Gasteiger partial charge in [0.05, 0.1) is 4.83 Å². The molecule has 0 aromatic rings. The van der Waals surface area contributed by atoms with Crippen LogP contribution in [0, 0.1) is 16.7 Å². The third-order valence-electron chi connectivity index (χ3n) is 4.45. The van der Waals surface area contributed by atoms with Crippen LogP contribution in [0.1, 0.15) is 33.6 Å². The third-order valence-corrected chi connectivity index (χ3v) is 5.51. The molecule has 0 aromatic heterocycles. The van der Waals surface area contributed by atoms with E-state index >= 15 is 0 Å². The number of rotatable bonds is 0. The molecular formula is C10H15BrO. The van der Waals surface area contributed by atoms with Crippen LogP contribution in [0.4, 0.5) is 0 Å². The molecule has 0 heterocycles. The van der Waals surface area contributed by atoms with Gasteiger partial charge in [-0.15, -0.1) is 0 Å². The van der Waals surface area contributed by atoms with Crippen molar-refractivity contribution in [2.24, 2.45) is 16.7 Å². The summed E-state index contributed by atoms with van der Waals surface area (Å²) in [6.45, 7) is 6.62. The molecule has 3 unspecified atom stereocenters. The van der Waals surface area contributed by atoms with Gasteiger partial charge in [-0.25, -0.2) is 0 Å². The lowest BCUT2D eigenvalue weighted by molar-refractivity contribution is -0.127. The molecule has 0 aliphatic heterocycles. The molecule has 2 aliphatic carbocycles. The molecule has 3 atom stereocenters. The Morgan fingerprint density at radius 2 is 2.00 bits per heavy atom. The van der Waals surface area contributed by atoms with E-state index < -0.39 is 0 Å². The predicted octanol–water partition coefficient (Wildman–Crippen LogP) is 2.78. The quantitative estimate of drug-likeness (QED) is 0.586. The van der Waals surface area contributed by atoms with Crippen molar-refractivity contribution in [2.45, 2.75) is 38.4 Å². The van der Waals surface area contributed by atoms with E-state index in [0.29, 0.717) is 11.7 Å². The second-order valence-corrected chi connectivity index (χ2v) is 5.95. The molecule has 0 saturated heterocycles. The normalized spacial score (nSPS) is 50.2. The van der Waals surface area contributed by atoms with E-state index in [4.69, 9.17) is 0 Å². The van der Waals surface area contributed by atoms with Gasteiger partial charge in [-0.1, -0.05) is 36.7 Å². The number of halogens is 1. The first-order valence-corrected chi connectivity index (χ1v) is 5.51. The molecule has 2 fully saturated rings. The van der Waals surface area contributed by atoms with Gasteiger partial charge >= 0.3 is 0 Å². The van der Waals surface area contributed by atoms with Crippen molar-refractivity contribution in [3.63, 3.8) is 0 Å². The molecule has 68 valence electrons. The SMILES string of the molecule is CC12CCC(C(Br)C1=O)C2(C)C. The minimum absolute atomic E-state index is 0.0498. The summed E-state index contributed by atoms with van der Waals surface area (Å²) in [5, 5.41) is 0. The summed E-state index contributed by atoms with van der Waals surface area (Å²) in [7, 11) is 0. The lowest BCUT2D eigenvalue weighted by Gasteiger charge is -2.32. The van der Waals surface area contributed by atoms with E-state index in [9.17, 15) is 4.79 Å². The Hall–Kier alpha value is 0.150. The summed E-state index contributed by atoms with van der Waals surface area (Å²) in [5.74, 6) is 0.999. The molecule has 0 radical (unpaired) electrons. The van der Waals surface area contributed by atoms with Crippen molar-refractivity contribution in [2.75, 3.05) is 0 Å². The fourth-order valence-corrected chi connectivity index (χ4v) is 4.41. The molecule has 0 spiro atoms. The zero-order valence-corrected chi connectivity index (χ0v) is 9.44. The average Bonchev–Trinajstić information content (AvgIpc) is 2.26. The number of carbonyl (C=O) groups excluding carboxylic acids is 1. The fourth-order valence-electron chi connectivity index (χ4n) is 2.98. The summed E-state index contributed by atoms with van der Waals surface area (Å²) in [5.41, 5.74) is 0.157. The van der Waals surface area contributed by atoms with Crippen LogP contribution in [0.15, 0.2) is 0 Å². The van der Waals surface area contributed by atoms with Gasteiger partial charge in [0, 0.05) is 5.41 Å². The van der Waals surface area contributed by atoms with Crippen molar-refractivity contribution < 1.29 is 4.79 Å². The predicted molar refractivity (Wildman–Crippen MR) is 52.3 cm³/mol. The van der Waals surface area contributed by atoms with Gasteiger partial charge in [-0.2, -0.15) is 0 Å². The first-order valence-electron chi connectivity index (χ1n) is 4.59. The highest BCUT2D eigenvalue weighted by atomic mass is 79.9. The number of carbonyl (C=O) groups is 1. The number of hydrogen-bond acceptors (Lipinski definition) is 1. The molecule has 12 heavy (non-hydrogen) atoms. The van der Waals surface area contributed by atoms with Crippen molar-refractivity contribution in [1.29, 1.82) is 0 Å². The molecule has 2 bridgehead atoms. The van der Waals surface area contributed by atoms with Crippen molar-refractivity contribution in [3.8, 4) is 0 Å². The minimum atomic E-state index is -0.0498. The molecule has 0 aromatic carbocycles. The van der Waals surface area contributed by atoms with Gasteiger partial charge < -0.3 is 0 Å². The van der Waals surface area contributed by atoms with Crippen molar-refractivity contribution in [1.82, 2.24) is 0 Å². The zero-order chi connectivity index (χ0) is 9.15. The number of ketones is 1. The van der Waals surface area contributed by atoms with Crippen LogP contribution in [-0.4, -0.2) is 10.6 Å². The van der Waals surface area contributed by atoms with Crippen LogP contribution in [-0.2, 0) is 4.79 Å². The van der Waals surface area contributed by atoms with Gasteiger partial charge in [-0.3, -0.25) is 4.79 Å². The Labute approximate surface area is 82.0 Å². The molecule has 0 N–H and O–H groups in total. The average molecular weight is 231 g/mol. The van der Waals surface area contributed by atoms with Gasteiger partial charge in [0.15, 0.2) is 5.78 Å². The second-order valence-electron chi connectivity index (χ2n) is 4.96. The smallest absolute Gasteiger partial charge is 0.153 e. The molecule has 1 nitrogen and oxygen atoms in total. The first kappa shape index (κ1) is 8.74. The summed E-state index contributed by atoms with van der Waals surface area (Å²) >= 11 is 3.52. The summed E-state index contributed by atoms with van der Waals surface area (Å²) in [4.78, 5) is 12.0. The monoisotopic (exact) mass is 230 g/mol. The second kappa shape index (κ2) is 2.14. The Balaban J connectivity index is 2.50. The number of Topliss-reactive ketones (excluding diaryl/α,β-unsaturated/α-hetero) is 1. The molecule has 0 amide bonds. The van der Waals surface area contributed by atoms with Gasteiger partial charge in [0.25, 0.3) is 0 Å². The van der Waals surface area contributed by atoms with Crippen LogP contribution in [0.5, 0.6) is 0 Å². The zero-order valence-electron chi connectivity index (χ0n) is 7.86. The fraction of sp³-hybridized carbons (Fsp3) is 0.900. The van der Waals surface area contributed by atoms with E-state index in [0.717, 1.165) is 6.42 Å². The van der Waals surface area contributed by atoms with Crippen molar-refractivity contribution in [3.05, 3.63) is 0 Å². The summed E-state index contributed by atoms with van der Waals surface area (Å²) < 4.78 is 0.